The molecule has 0 unspecified atom stereocenters. The van der Waals surface area contributed by atoms with Crippen LogP contribution in [0.2, 0.25) is 0 Å². The van der Waals surface area contributed by atoms with E-state index in [4.69, 9.17) is 9.47 Å². The van der Waals surface area contributed by atoms with Crippen LogP contribution in [0.4, 0.5) is 4.39 Å². The summed E-state index contributed by atoms with van der Waals surface area (Å²) in [6.07, 6.45) is 8.04. The van der Waals surface area contributed by atoms with Crippen LogP contribution in [0.15, 0.2) is 35.6 Å². The SMILES string of the molecule is COC(C)(C)COC1=CCC=C(CF)C=C1. The second-order valence-corrected chi connectivity index (χ2v) is 4.34. The maximum atomic E-state index is 12.4. The van der Waals surface area contributed by atoms with Crippen LogP contribution < -0.4 is 0 Å². The molecule has 16 heavy (non-hydrogen) atoms. The van der Waals surface area contributed by atoms with Gasteiger partial charge in [0.1, 0.15) is 19.0 Å². The van der Waals surface area contributed by atoms with Gasteiger partial charge in [0.15, 0.2) is 0 Å². The first-order chi connectivity index (χ1) is 7.57. The number of hydrogen-bond donors (Lipinski definition) is 0. The summed E-state index contributed by atoms with van der Waals surface area (Å²) in [6, 6.07) is 0. The van der Waals surface area contributed by atoms with Crippen LogP contribution in [0.5, 0.6) is 0 Å². The molecule has 0 aromatic heterocycles. The molecular formula is C13H19FO2. The first kappa shape index (κ1) is 13.0. The summed E-state index contributed by atoms with van der Waals surface area (Å²) in [4.78, 5) is 0. The highest BCUT2D eigenvalue weighted by Crippen LogP contribution is 2.15. The highest BCUT2D eigenvalue weighted by molar-refractivity contribution is 5.29. The Morgan fingerprint density at radius 3 is 2.69 bits per heavy atom. The van der Waals surface area contributed by atoms with Crippen LogP contribution in [-0.4, -0.2) is 26.0 Å². The second kappa shape index (κ2) is 5.85. The Balaban J connectivity index is 2.49. The van der Waals surface area contributed by atoms with Crippen molar-refractivity contribution >= 4 is 0 Å². The van der Waals surface area contributed by atoms with Gasteiger partial charge in [-0.1, -0.05) is 12.2 Å². The van der Waals surface area contributed by atoms with E-state index in [-0.39, 0.29) is 5.60 Å². The summed E-state index contributed by atoms with van der Waals surface area (Å²) in [5, 5.41) is 0. The topological polar surface area (TPSA) is 18.5 Å². The molecule has 1 aliphatic carbocycles. The predicted molar refractivity (Wildman–Crippen MR) is 62.9 cm³/mol. The summed E-state index contributed by atoms with van der Waals surface area (Å²) in [5.74, 6) is 0.768. The molecule has 0 heterocycles. The monoisotopic (exact) mass is 226 g/mol. The van der Waals surface area contributed by atoms with Crippen molar-refractivity contribution in [3.63, 3.8) is 0 Å². The lowest BCUT2D eigenvalue weighted by atomic mass is 10.1. The van der Waals surface area contributed by atoms with E-state index in [1.165, 1.54) is 0 Å². The highest BCUT2D eigenvalue weighted by Gasteiger charge is 2.17. The Morgan fingerprint density at radius 1 is 1.31 bits per heavy atom. The first-order valence-electron chi connectivity index (χ1n) is 5.38. The number of methoxy groups -OCH3 is 1. The van der Waals surface area contributed by atoms with Crippen molar-refractivity contribution in [3.05, 3.63) is 35.6 Å². The molecule has 0 radical (unpaired) electrons. The molecular weight excluding hydrogens is 207 g/mol. The summed E-state index contributed by atoms with van der Waals surface area (Å²) < 4.78 is 23.3. The fourth-order valence-electron chi connectivity index (χ4n) is 1.17. The molecule has 0 fully saturated rings. The molecule has 90 valence electrons. The minimum Gasteiger partial charge on any atom is -0.491 e. The molecule has 2 nitrogen and oxygen atoms in total. The molecule has 0 aliphatic heterocycles. The molecule has 1 rings (SSSR count). The van der Waals surface area contributed by atoms with Crippen LogP contribution in [0.3, 0.4) is 0 Å². The van der Waals surface area contributed by atoms with Gasteiger partial charge in [0.05, 0.1) is 5.60 Å². The lowest BCUT2D eigenvalue weighted by Gasteiger charge is -2.23. The first-order valence-corrected chi connectivity index (χ1v) is 5.38. The van der Waals surface area contributed by atoms with Crippen molar-refractivity contribution < 1.29 is 13.9 Å². The molecule has 1 aliphatic rings. The Hall–Kier alpha value is -1.09. The quantitative estimate of drug-likeness (QED) is 0.717. The van der Waals surface area contributed by atoms with Gasteiger partial charge in [-0.05, 0) is 38.0 Å². The zero-order valence-corrected chi connectivity index (χ0v) is 10.1. The Kier molecular flexibility index (Phi) is 4.74. The number of allylic oxidation sites excluding steroid dienone is 5. The smallest absolute Gasteiger partial charge is 0.117 e. The summed E-state index contributed by atoms with van der Waals surface area (Å²) in [7, 11) is 1.66. The van der Waals surface area contributed by atoms with E-state index in [1.54, 1.807) is 19.3 Å². The minimum absolute atomic E-state index is 0.308. The van der Waals surface area contributed by atoms with Gasteiger partial charge in [0.2, 0.25) is 0 Å². The van der Waals surface area contributed by atoms with E-state index < -0.39 is 6.67 Å². The van der Waals surface area contributed by atoms with Crippen molar-refractivity contribution in [1.29, 1.82) is 0 Å². The van der Waals surface area contributed by atoms with Crippen molar-refractivity contribution in [1.82, 2.24) is 0 Å². The van der Waals surface area contributed by atoms with Gasteiger partial charge in [-0.2, -0.15) is 0 Å². The Morgan fingerprint density at radius 2 is 2.06 bits per heavy atom. The van der Waals surface area contributed by atoms with Crippen molar-refractivity contribution in [2.45, 2.75) is 25.9 Å². The van der Waals surface area contributed by atoms with Crippen molar-refractivity contribution in [2.24, 2.45) is 0 Å². The molecule has 0 bridgehead atoms. The lowest BCUT2D eigenvalue weighted by Crippen LogP contribution is -2.28. The molecule has 0 spiro atoms. The molecule has 0 N–H and O–H groups in total. The molecule has 3 heteroatoms. The third-order valence-corrected chi connectivity index (χ3v) is 2.45. The molecule has 0 aromatic rings. The Labute approximate surface area is 96.4 Å². The summed E-state index contributed by atoms with van der Waals surface area (Å²) in [6.45, 7) is 3.96. The third kappa shape index (κ3) is 4.19. The maximum Gasteiger partial charge on any atom is 0.117 e. The maximum absolute atomic E-state index is 12.4. The molecule has 0 atom stereocenters. The standard InChI is InChI=1S/C13H19FO2/c1-13(2,15-3)10-16-12-6-4-5-11(9-14)7-8-12/h5-8H,4,9-10H2,1-3H3. The molecule has 0 amide bonds. The van der Waals surface area contributed by atoms with Gasteiger partial charge < -0.3 is 9.47 Å². The minimum atomic E-state index is -0.429. The van der Waals surface area contributed by atoms with E-state index in [0.29, 0.717) is 18.6 Å². The van der Waals surface area contributed by atoms with Crippen LogP contribution in [0.25, 0.3) is 0 Å². The molecule has 0 saturated heterocycles. The van der Waals surface area contributed by atoms with E-state index in [2.05, 4.69) is 0 Å². The summed E-state index contributed by atoms with van der Waals surface area (Å²) in [5.41, 5.74) is 0.387. The van der Waals surface area contributed by atoms with Gasteiger partial charge >= 0.3 is 0 Å². The zero-order valence-electron chi connectivity index (χ0n) is 10.1. The van der Waals surface area contributed by atoms with Gasteiger partial charge in [-0.25, -0.2) is 4.39 Å². The van der Waals surface area contributed by atoms with Crippen molar-refractivity contribution in [3.8, 4) is 0 Å². The zero-order chi connectivity index (χ0) is 12.0. The fourth-order valence-corrected chi connectivity index (χ4v) is 1.17. The number of hydrogen-bond acceptors (Lipinski definition) is 2. The predicted octanol–water partition coefficient (Wildman–Crippen LogP) is 3.17. The average Bonchev–Trinajstić information content (AvgIpc) is 2.51. The highest BCUT2D eigenvalue weighted by atomic mass is 19.1. The third-order valence-electron chi connectivity index (χ3n) is 2.45. The van der Waals surface area contributed by atoms with Crippen LogP contribution in [-0.2, 0) is 9.47 Å². The van der Waals surface area contributed by atoms with E-state index in [0.717, 1.165) is 5.76 Å². The van der Waals surface area contributed by atoms with Crippen LogP contribution >= 0.6 is 0 Å². The molecule has 0 saturated carbocycles. The van der Waals surface area contributed by atoms with Gasteiger partial charge in [0, 0.05) is 7.11 Å². The van der Waals surface area contributed by atoms with Crippen LogP contribution in [0, 0.1) is 0 Å². The van der Waals surface area contributed by atoms with E-state index >= 15 is 0 Å². The largest absolute Gasteiger partial charge is 0.491 e. The van der Waals surface area contributed by atoms with Gasteiger partial charge in [-0.15, -0.1) is 0 Å². The lowest BCUT2D eigenvalue weighted by molar-refractivity contribution is -0.0313. The fraction of sp³-hybridized carbons (Fsp3) is 0.538. The normalized spacial score (nSPS) is 16.5. The number of ether oxygens (including phenoxy) is 2. The second-order valence-electron chi connectivity index (χ2n) is 4.34. The van der Waals surface area contributed by atoms with E-state index in [9.17, 15) is 4.39 Å². The number of alkyl halides is 1. The van der Waals surface area contributed by atoms with Crippen LogP contribution in [0.1, 0.15) is 20.3 Å². The summed E-state index contributed by atoms with van der Waals surface area (Å²) >= 11 is 0. The number of rotatable bonds is 5. The van der Waals surface area contributed by atoms with Gasteiger partial charge in [0.25, 0.3) is 0 Å². The molecule has 0 aromatic carbocycles. The van der Waals surface area contributed by atoms with E-state index in [1.807, 2.05) is 26.0 Å². The van der Waals surface area contributed by atoms with Crippen molar-refractivity contribution in [2.75, 3.05) is 20.4 Å². The Bertz CT molecular complexity index is 314. The average molecular weight is 226 g/mol. The van der Waals surface area contributed by atoms with Gasteiger partial charge in [-0.3, -0.25) is 0 Å². The number of halogens is 1.